The van der Waals surface area contributed by atoms with E-state index < -0.39 is 5.87 Å². The number of ether oxygens (including phenoxy) is 1. The topological polar surface area (TPSA) is 49.4 Å². The molecule has 0 heterocycles. The first-order valence-electron chi connectivity index (χ1n) is 3.91. The van der Waals surface area contributed by atoms with Gasteiger partial charge in [-0.2, -0.15) is 0 Å². The summed E-state index contributed by atoms with van der Waals surface area (Å²) in [4.78, 5) is 10.3. The molecule has 2 aliphatic rings. The van der Waals surface area contributed by atoms with Crippen molar-refractivity contribution in [2.45, 2.75) is 5.92 Å². The Morgan fingerprint density at radius 2 is 2.38 bits per heavy atom. The van der Waals surface area contributed by atoms with E-state index in [2.05, 4.69) is 4.74 Å². The van der Waals surface area contributed by atoms with Crippen LogP contribution in [-0.2, 0) is 4.74 Å². The molecule has 0 saturated heterocycles. The van der Waals surface area contributed by atoms with Gasteiger partial charge in [-0.25, -0.2) is 0 Å². The fraction of sp³-hybridized carbons (Fsp3) is 0.222. The van der Waals surface area contributed by atoms with Crippen molar-refractivity contribution in [1.82, 2.24) is 0 Å². The normalized spacial score (nSPS) is 17.7. The summed E-state index contributed by atoms with van der Waals surface area (Å²) >= 11 is 0. The van der Waals surface area contributed by atoms with Crippen molar-refractivity contribution in [3.8, 4) is 5.75 Å². The quantitative estimate of drug-likeness (QED) is 0.612. The first kappa shape index (κ1) is 8.17. The van der Waals surface area contributed by atoms with Crippen molar-refractivity contribution >= 4 is 13.7 Å². The molecule has 1 aromatic carbocycles. The first-order chi connectivity index (χ1) is 6.18. The highest BCUT2D eigenvalue weighted by Crippen LogP contribution is 2.40. The molecule has 3 nitrogen and oxygen atoms in total. The summed E-state index contributed by atoms with van der Waals surface area (Å²) in [7, 11) is 4.81. The Bertz CT molecular complexity index is 358. The van der Waals surface area contributed by atoms with Crippen LogP contribution in [0.2, 0.25) is 0 Å². The van der Waals surface area contributed by atoms with Gasteiger partial charge in [-0.15, -0.1) is 5.75 Å². The zero-order chi connectivity index (χ0) is 9.42. The molecule has 0 fully saturated rings. The van der Waals surface area contributed by atoms with Crippen molar-refractivity contribution in [2.75, 3.05) is 6.61 Å². The number of carbonyl (C=O) groups is 1. The number of fused-ring (bicyclic) bond motifs is 2. The van der Waals surface area contributed by atoms with Crippen LogP contribution < -0.4 is 5.11 Å². The van der Waals surface area contributed by atoms with Gasteiger partial charge < -0.3 is 9.84 Å². The Hall–Kier alpha value is -1.45. The van der Waals surface area contributed by atoms with Crippen LogP contribution in [0.25, 0.3) is 0 Å². The van der Waals surface area contributed by atoms with E-state index in [1.807, 2.05) is 0 Å². The van der Waals surface area contributed by atoms with Gasteiger partial charge in [0, 0.05) is 5.92 Å². The largest absolute Gasteiger partial charge is 0.872 e. The molecule has 4 heteroatoms. The third-order valence-corrected chi connectivity index (χ3v) is 2.20. The van der Waals surface area contributed by atoms with Crippen LogP contribution in [0.3, 0.4) is 0 Å². The van der Waals surface area contributed by atoms with E-state index in [-0.39, 0.29) is 18.3 Å². The highest BCUT2D eigenvalue weighted by molar-refractivity contribution is 6.55. The molecule has 13 heavy (non-hydrogen) atoms. The van der Waals surface area contributed by atoms with E-state index in [1.165, 1.54) is 6.07 Å². The van der Waals surface area contributed by atoms with Crippen molar-refractivity contribution in [3.63, 3.8) is 0 Å². The van der Waals surface area contributed by atoms with E-state index in [4.69, 9.17) is 7.85 Å². The summed E-state index contributed by atoms with van der Waals surface area (Å²) in [5, 5.41) is 11.1. The molecule has 1 atom stereocenters. The van der Waals surface area contributed by atoms with Crippen molar-refractivity contribution in [1.29, 1.82) is 0 Å². The minimum absolute atomic E-state index is 0.00642. The van der Waals surface area contributed by atoms with Crippen LogP contribution in [0.4, 0.5) is 4.79 Å². The van der Waals surface area contributed by atoms with Gasteiger partial charge >= 0.3 is 0 Å². The Morgan fingerprint density at radius 3 is 2.92 bits per heavy atom. The molecule has 2 aliphatic carbocycles. The zero-order valence-electron chi connectivity index (χ0n) is 6.82. The van der Waals surface area contributed by atoms with Crippen LogP contribution in [0, 0.1) is 0 Å². The summed E-state index contributed by atoms with van der Waals surface area (Å²) < 4.78 is 4.62. The SMILES string of the molecule is [B]C(=O)OC[C@@H]1c2ccc([O-])c1c2. The molecule has 64 valence electrons. The van der Waals surface area contributed by atoms with E-state index in [0.717, 1.165) is 5.56 Å². The van der Waals surface area contributed by atoms with Gasteiger partial charge in [0.1, 0.15) is 6.61 Å². The van der Waals surface area contributed by atoms with Crippen LogP contribution >= 0.6 is 0 Å². The number of hydrogen-bond acceptors (Lipinski definition) is 3. The maximum atomic E-state index is 11.1. The molecular weight excluding hydrogens is 167 g/mol. The Labute approximate surface area is 76.7 Å². The number of hydrogen-bond donors (Lipinski definition) is 0. The highest BCUT2D eigenvalue weighted by Gasteiger charge is 2.24. The van der Waals surface area contributed by atoms with Crippen LogP contribution in [-0.4, -0.2) is 20.3 Å². The van der Waals surface area contributed by atoms with Gasteiger partial charge in [0.05, 0.1) is 0 Å². The summed E-state index contributed by atoms with van der Waals surface area (Å²) in [5.41, 5.74) is 1.73. The minimum atomic E-state index is -0.803. The second-order valence-electron chi connectivity index (χ2n) is 2.98. The van der Waals surface area contributed by atoms with Crippen LogP contribution in [0.1, 0.15) is 17.0 Å². The first-order valence-corrected chi connectivity index (χ1v) is 3.91. The summed E-state index contributed by atoms with van der Waals surface area (Å²) in [6, 6.07) is 5.06. The average Bonchev–Trinajstić information content (AvgIpc) is 2.02. The molecule has 0 N–H and O–H groups in total. The third-order valence-electron chi connectivity index (χ3n) is 2.20. The third kappa shape index (κ3) is 1.28. The van der Waals surface area contributed by atoms with Gasteiger partial charge in [-0.1, -0.05) is 18.2 Å². The van der Waals surface area contributed by atoms with Crippen molar-refractivity contribution in [2.24, 2.45) is 0 Å². The Kier molecular flexibility index (Phi) is 1.76. The molecular formula is C9H6BO3-. The number of carbonyl (C=O) groups excluding carboxylic acids is 1. The maximum absolute atomic E-state index is 11.1. The molecule has 2 bridgehead atoms. The van der Waals surface area contributed by atoms with E-state index >= 15 is 0 Å². The Balaban J connectivity index is 2.06. The molecule has 0 aromatic heterocycles. The second-order valence-corrected chi connectivity index (χ2v) is 2.98. The average molecular weight is 173 g/mol. The molecule has 1 aromatic rings. The summed E-state index contributed by atoms with van der Waals surface area (Å²) in [5.74, 6) is -0.860. The van der Waals surface area contributed by atoms with Gasteiger partial charge in [0.25, 0.3) is 0 Å². The summed E-state index contributed by atoms with van der Waals surface area (Å²) in [6.45, 7) is 0.173. The lowest BCUT2D eigenvalue weighted by molar-refractivity contribution is -0.270. The van der Waals surface area contributed by atoms with E-state index in [0.29, 0.717) is 5.56 Å². The maximum Gasteiger partial charge on any atom is 0.235 e. The number of benzene rings is 1. The Morgan fingerprint density at radius 1 is 1.62 bits per heavy atom. The molecule has 3 rings (SSSR count). The molecule has 2 radical (unpaired) electrons. The zero-order valence-corrected chi connectivity index (χ0v) is 6.82. The van der Waals surface area contributed by atoms with E-state index in [9.17, 15) is 9.90 Å². The fourth-order valence-corrected chi connectivity index (χ4v) is 1.49. The second kappa shape index (κ2) is 2.80. The van der Waals surface area contributed by atoms with Crippen LogP contribution in [0.15, 0.2) is 18.2 Å². The smallest absolute Gasteiger partial charge is 0.235 e. The lowest BCUT2D eigenvalue weighted by atomic mass is 9.80. The highest BCUT2D eigenvalue weighted by atomic mass is 16.5. The molecule has 0 aliphatic heterocycles. The van der Waals surface area contributed by atoms with Gasteiger partial charge in [0.15, 0.2) is 0 Å². The lowest BCUT2D eigenvalue weighted by Gasteiger charge is -2.32. The minimum Gasteiger partial charge on any atom is -0.872 e. The van der Waals surface area contributed by atoms with Gasteiger partial charge in [-0.3, -0.25) is 4.79 Å². The fourth-order valence-electron chi connectivity index (χ4n) is 1.49. The van der Waals surface area contributed by atoms with Gasteiger partial charge in [0.2, 0.25) is 13.7 Å². The summed E-state index contributed by atoms with van der Waals surface area (Å²) in [6.07, 6.45) is 0. The van der Waals surface area contributed by atoms with E-state index in [1.54, 1.807) is 12.1 Å². The standard InChI is InChI=1S/C9H7BO3/c10-9(12)13-4-7-5-1-2-8(11)6(7)3-5/h1-3,7,11H,4H2/p-1/t7-/m1/s1. The molecule has 0 spiro atoms. The van der Waals surface area contributed by atoms with Crippen molar-refractivity contribution < 1.29 is 14.6 Å². The van der Waals surface area contributed by atoms with Crippen LogP contribution in [0.5, 0.6) is 5.75 Å². The van der Waals surface area contributed by atoms with Gasteiger partial charge in [-0.05, 0) is 11.1 Å². The van der Waals surface area contributed by atoms with Crippen molar-refractivity contribution in [3.05, 3.63) is 29.3 Å². The molecule has 0 unspecified atom stereocenters. The number of rotatable bonds is 2. The lowest BCUT2D eigenvalue weighted by Crippen LogP contribution is -2.21. The molecule has 0 amide bonds. The predicted octanol–water partition coefficient (Wildman–Crippen LogP) is 0.511. The molecule has 0 saturated carbocycles. The predicted molar refractivity (Wildman–Crippen MR) is 44.8 cm³/mol. The monoisotopic (exact) mass is 173 g/mol.